The predicted molar refractivity (Wildman–Crippen MR) is 88.0 cm³/mol. The van der Waals surface area contributed by atoms with Crippen LogP contribution in [-0.2, 0) is 4.79 Å². The summed E-state index contributed by atoms with van der Waals surface area (Å²) in [7, 11) is 0. The van der Waals surface area contributed by atoms with Gasteiger partial charge in [0.15, 0.2) is 5.82 Å². The Balaban J connectivity index is 1.55. The van der Waals surface area contributed by atoms with Gasteiger partial charge in [-0.25, -0.2) is 4.98 Å². The molecule has 23 heavy (non-hydrogen) atoms. The maximum Gasteiger partial charge on any atom is 0.225 e. The zero-order valence-corrected chi connectivity index (χ0v) is 14.3. The van der Waals surface area contributed by atoms with Crippen LogP contribution in [0.15, 0.2) is 0 Å². The standard InChI is InChI=1S/C18H28N4O/c1-3-12(4-2)17(23)22-10-14(18(11-22)8-5-9-18)16-19-15(20-21-16)13-6-7-13/h12-14H,3-11H2,1-2H3,(H,19,20,21). The van der Waals surface area contributed by atoms with Crippen molar-refractivity contribution in [2.75, 3.05) is 13.1 Å². The van der Waals surface area contributed by atoms with Crippen molar-refractivity contribution in [1.29, 1.82) is 0 Å². The van der Waals surface area contributed by atoms with Gasteiger partial charge in [0, 0.05) is 30.8 Å². The largest absolute Gasteiger partial charge is 0.341 e. The van der Waals surface area contributed by atoms with Crippen LogP contribution in [0.3, 0.4) is 0 Å². The Morgan fingerprint density at radius 1 is 1.35 bits per heavy atom. The lowest BCUT2D eigenvalue weighted by atomic mass is 9.62. The normalized spacial score (nSPS) is 26.0. The summed E-state index contributed by atoms with van der Waals surface area (Å²) in [6, 6.07) is 0. The van der Waals surface area contributed by atoms with Crippen LogP contribution in [0.2, 0.25) is 0 Å². The molecule has 1 unspecified atom stereocenters. The van der Waals surface area contributed by atoms with E-state index in [4.69, 9.17) is 4.98 Å². The molecule has 5 nitrogen and oxygen atoms in total. The minimum Gasteiger partial charge on any atom is -0.341 e. The van der Waals surface area contributed by atoms with E-state index in [0.29, 0.717) is 17.7 Å². The average molecular weight is 316 g/mol. The summed E-state index contributed by atoms with van der Waals surface area (Å²) in [5.41, 5.74) is 0.266. The van der Waals surface area contributed by atoms with Gasteiger partial charge in [0.05, 0.1) is 0 Å². The molecular formula is C18H28N4O. The first-order chi connectivity index (χ1) is 11.2. The topological polar surface area (TPSA) is 61.9 Å². The Morgan fingerprint density at radius 2 is 2.09 bits per heavy atom. The number of nitrogens with zero attached hydrogens (tertiary/aromatic N) is 3. The fraction of sp³-hybridized carbons (Fsp3) is 0.833. The number of likely N-dealkylation sites (tertiary alicyclic amines) is 1. The summed E-state index contributed by atoms with van der Waals surface area (Å²) in [5, 5.41) is 7.65. The molecule has 2 heterocycles. The highest BCUT2D eigenvalue weighted by atomic mass is 16.2. The lowest BCUT2D eigenvalue weighted by molar-refractivity contribution is -0.135. The smallest absolute Gasteiger partial charge is 0.225 e. The third-order valence-corrected chi connectivity index (χ3v) is 6.44. The van der Waals surface area contributed by atoms with Crippen LogP contribution in [0.25, 0.3) is 0 Å². The van der Waals surface area contributed by atoms with Crippen LogP contribution >= 0.6 is 0 Å². The first-order valence-corrected chi connectivity index (χ1v) is 9.38. The maximum absolute atomic E-state index is 12.8. The number of carbonyl (C=O) groups is 1. The first-order valence-electron chi connectivity index (χ1n) is 9.38. The van der Waals surface area contributed by atoms with Gasteiger partial charge in [-0.15, -0.1) is 0 Å². The van der Waals surface area contributed by atoms with Crippen molar-refractivity contribution in [2.24, 2.45) is 11.3 Å². The maximum atomic E-state index is 12.8. The molecular weight excluding hydrogens is 288 g/mol. The Morgan fingerprint density at radius 3 is 2.65 bits per heavy atom. The molecule has 1 N–H and O–H groups in total. The molecule has 1 saturated heterocycles. The van der Waals surface area contributed by atoms with Gasteiger partial charge in [0.25, 0.3) is 0 Å². The van der Waals surface area contributed by atoms with Crippen molar-refractivity contribution >= 4 is 5.91 Å². The summed E-state index contributed by atoms with van der Waals surface area (Å²) in [4.78, 5) is 19.7. The minimum atomic E-state index is 0.183. The van der Waals surface area contributed by atoms with Crippen LogP contribution < -0.4 is 0 Å². The third-order valence-electron chi connectivity index (χ3n) is 6.44. The average Bonchev–Trinajstić information content (AvgIpc) is 3.11. The van der Waals surface area contributed by atoms with Crippen LogP contribution in [0.5, 0.6) is 0 Å². The van der Waals surface area contributed by atoms with Crippen LogP contribution in [-0.4, -0.2) is 39.1 Å². The van der Waals surface area contributed by atoms with Crippen LogP contribution in [0.1, 0.15) is 82.3 Å². The van der Waals surface area contributed by atoms with E-state index in [1.165, 1.54) is 32.1 Å². The molecule has 1 spiro atoms. The molecule has 1 aromatic rings. The minimum absolute atomic E-state index is 0.183. The van der Waals surface area contributed by atoms with E-state index in [1.54, 1.807) is 0 Å². The zero-order chi connectivity index (χ0) is 16.0. The fourth-order valence-corrected chi connectivity index (χ4v) is 4.51. The van der Waals surface area contributed by atoms with E-state index in [9.17, 15) is 4.79 Å². The first kappa shape index (κ1) is 15.2. The number of aromatic nitrogens is 3. The highest BCUT2D eigenvalue weighted by Crippen LogP contribution is 2.55. The van der Waals surface area contributed by atoms with Crippen molar-refractivity contribution in [3.05, 3.63) is 11.6 Å². The molecule has 4 rings (SSSR count). The number of hydrogen-bond donors (Lipinski definition) is 1. The lowest BCUT2D eigenvalue weighted by Gasteiger charge is -2.41. The predicted octanol–water partition coefficient (Wildman–Crippen LogP) is 3.21. The molecule has 1 aliphatic heterocycles. The van der Waals surface area contributed by atoms with Crippen molar-refractivity contribution in [3.63, 3.8) is 0 Å². The van der Waals surface area contributed by atoms with Gasteiger partial charge in [-0.1, -0.05) is 20.3 Å². The fourth-order valence-electron chi connectivity index (χ4n) is 4.51. The van der Waals surface area contributed by atoms with E-state index in [0.717, 1.165) is 37.6 Å². The van der Waals surface area contributed by atoms with Gasteiger partial charge in [-0.05, 0) is 43.9 Å². The second-order valence-electron chi connectivity index (χ2n) is 7.85. The van der Waals surface area contributed by atoms with Gasteiger partial charge in [0.2, 0.25) is 5.91 Å². The van der Waals surface area contributed by atoms with E-state index >= 15 is 0 Å². The molecule has 126 valence electrons. The van der Waals surface area contributed by atoms with Crippen molar-refractivity contribution < 1.29 is 4.79 Å². The number of nitrogens with one attached hydrogen (secondary N) is 1. The Kier molecular flexibility index (Phi) is 3.69. The van der Waals surface area contributed by atoms with Crippen LogP contribution in [0, 0.1) is 11.3 Å². The summed E-state index contributed by atoms with van der Waals surface area (Å²) >= 11 is 0. The monoisotopic (exact) mass is 316 g/mol. The Bertz CT molecular complexity index is 584. The number of H-pyrrole nitrogens is 1. The third kappa shape index (κ3) is 2.48. The molecule has 1 atom stereocenters. The Hall–Kier alpha value is -1.39. The van der Waals surface area contributed by atoms with Crippen LogP contribution in [0.4, 0.5) is 0 Å². The van der Waals surface area contributed by atoms with E-state index in [2.05, 4.69) is 28.9 Å². The summed E-state index contributed by atoms with van der Waals surface area (Å²) in [6.45, 7) is 6.00. The molecule has 5 heteroatoms. The van der Waals surface area contributed by atoms with Gasteiger partial charge in [-0.3, -0.25) is 9.89 Å². The number of rotatable bonds is 5. The van der Waals surface area contributed by atoms with E-state index in [-0.39, 0.29) is 11.3 Å². The molecule has 2 aliphatic carbocycles. The van der Waals surface area contributed by atoms with Gasteiger partial charge in [0.1, 0.15) is 5.82 Å². The molecule has 3 aliphatic rings. The van der Waals surface area contributed by atoms with E-state index < -0.39 is 0 Å². The van der Waals surface area contributed by atoms with Crippen molar-refractivity contribution in [2.45, 2.75) is 70.6 Å². The molecule has 0 aromatic carbocycles. The number of amides is 1. The highest BCUT2D eigenvalue weighted by Gasteiger charge is 2.53. The SMILES string of the molecule is CCC(CC)C(=O)N1CC(c2nc(C3CC3)n[nH]2)C2(CCC2)C1. The molecule has 3 fully saturated rings. The van der Waals surface area contributed by atoms with Crippen molar-refractivity contribution in [1.82, 2.24) is 20.1 Å². The second-order valence-corrected chi connectivity index (χ2v) is 7.85. The second kappa shape index (κ2) is 5.60. The Labute approximate surface area is 138 Å². The van der Waals surface area contributed by atoms with E-state index in [1.807, 2.05) is 0 Å². The van der Waals surface area contributed by atoms with Crippen molar-refractivity contribution in [3.8, 4) is 0 Å². The molecule has 1 amide bonds. The highest BCUT2D eigenvalue weighted by molar-refractivity contribution is 5.79. The van der Waals surface area contributed by atoms with Gasteiger partial charge < -0.3 is 4.90 Å². The number of hydrogen-bond acceptors (Lipinski definition) is 3. The number of carbonyl (C=O) groups excluding carboxylic acids is 1. The quantitative estimate of drug-likeness (QED) is 0.907. The summed E-state index contributed by atoms with van der Waals surface area (Å²) in [5.74, 6) is 3.51. The molecule has 1 aromatic heterocycles. The molecule has 0 radical (unpaired) electrons. The summed E-state index contributed by atoms with van der Waals surface area (Å²) in [6.07, 6.45) is 8.08. The molecule has 2 saturated carbocycles. The van der Waals surface area contributed by atoms with Gasteiger partial charge in [-0.2, -0.15) is 5.10 Å². The number of aromatic amines is 1. The lowest BCUT2D eigenvalue weighted by Crippen LogP contribution is -2.39. The zero-order valence-electron chi connectivity index (χ0n) is 14.3. The summed E-state index contributed by atoms with van der Waals surface area (Å²) < 4.78 is 0. The van der Waals surface area contributed by atoms with Gasteiger partial charge >= 0.3 is 0 Å². The molecule has 0 bridgehead atoms.